The van der Waals surface area contributed by atoms with E-state index >= 15 is 0 Å². The molecule has 6 nitrogen and oxygen atoms in total. The van der Waals surface area contributed by atoms with Crippen LogP contribution in [0.15, 0.2) is 72.5 Å². The lowest BCUT2D eigenvalue weighted by Crippen LogP contribution is -2.42. The molecule has 1 fully saturated rings. The van der Waals surface area contributed by atoms with Crippen LogP contribution in [0.25, 0.3) is 33.6 Å². The summed E-state index contributed by atoms with van der Waals surface area (Å²) in [5.74, 6) is -0.939. The maximum atomic E-state index is 13.0. The molecule has 0 aliphatic carbocycles. The van der Waals surface area contributed by atoms with Crippen molar-refractivity contribution in [2.24, 2.45) is 0 Å². The zero-order valence-corrected chi connectivity index (χ0v) is 20.5. The van der Waals surface area contributed by atoms with Crippen molar-refractivity contribution in [1.82, 2.24) is 9.47 Å². The lowest BCUT2D eigenvalue weighted by molar-refractivity contribution is -0.147. The van der Waals surface area contributed by atoms with Crippen molar-refractivity contribution in [3.05, 3.63) is 83.6 Å². The summed E-state index contributed by atoms with van der Waals surface area (Å²) in [6.07, 6.45) is 2.49. The molecule has 7 heteroatoms. The van der Waals surface area contributed by atoms with E-state index in [4.69, 9.17) is 21.7 Å². The van der Waals surface area contributed by atoms with Gasteiger partial charge in [-0.05, 0) is 73.1 Å². The van der Waals surface area contributed by atoms with E-state index in [9.17, 15) is 9.59 Å². The van der Waals surface area contributed by atoms with Crippen molar-refractivity contribution in [3.8, 4) is 5.69 Å². The number of carbonyl (C=O) groups is 2. The molecule has 1 saturated heterocycles. The molecular formula is C28H24N2O4S. The summed E-state index contributed by atoms with van der Waals surface area (Å²) in [6, 6.07) is 21.8. The summed E-state index contributed by atoms with van der Waals surface area (Å²) in [5.41, 5.74) is 5.30. The molecule has 3 aromatic carbocycles. The minimum Gasteiger partial charge on any atom is -0.467 e. The monoisotopic (exact) mass is 484 g/mol. The Morgan fingerprint density at radius 1 is 1.09 bits per heavy atom. The van der Waals surface area contributed by atoms with Crippen molar-refractivity contribution < 1.29 is 19.1 Å². The van der Waals surface area contributed by atoms with Gasteiger partial charge in [0.1, 0.15) is 6.04 Å². The summed E-state index contributed by atoms with van der Waals surface area (Å²) in [5, 5.41) is 2.15. The molecule has 4 aromatic rings. The quantitative estimate of drug-likeness (QED) is 0.216. The molecule has 0 radical (unpaired) electrons. The van der Waals surface area contributed by atoms with Gasteiger partial charge in [0.2, 0.25) is 0 Å². The predicted molar refractivity (Wildman–Crippen MR) is 140 cm³/mol. The average molecular weight is 485 g/mol. The van der Waals surface area contributed by atoms with Gasteiger partial charge in [0.05, 0.1) is 18.1 Å². The lowest BCUT2D eigenvalue weighted by Gasteiger charge is -2.18. The highest BCUT2D eigenvalue weighted by atomic mass is 32.1. The Hall–Kier alpha value is -3.97. The third-order valence-electron chi connectivity index (χ3n) is 6.32. The summed E-state index contributed by atoms with van der Waals surface area (Å²) in [6.45, 7) is 3.67. The first kappa shape index (κ1) is 22.8. The molecule has 0 N–H and O–H groups in total. The number of aryl methyl sites for hydroxylation is 1. The van der Waals surface area contributed by atoms with Gasteiger partial charge < -0.3 is 14.0 Å². The number of benzene rings is 3. The molecule has 2 heterocycles. The van der Waals surface area contributed by atoms with Gasteiger partial charge in [-0.25, -0.2) is 4.79 Å². The van der Waals surface area contributed by atoms with Crippen LogP contribution in [0.3, 0.4) is 0 Å². The van der Waals surface area contributed by atoms with Gasteiger partial charge in [-0.15, -0.1) is 0 Å². The van der Waals surface area contributed by atoms with Crippen LogP contribution < -0.4 is 0 Å². The van der Waals surface area contributed by atoms with Gasteiger partial charge in [0.25, 0.3) is 11.1 Å². The van der Waals surface area contributed by atoms with Crippen LogP contribution in [-0.2, 0) is 25.5 Å². The van der Waals surface area contributed by atoms with Crippen molar-refractivity contribution in [2.45, 2.75) is 26.3 Å². The summed E-state index contributed by atoms with van der Waals surface area (Å²) in [7, 11) is 1.27. The van der Waals surface area contributed by atoms with E-state index in [0.29, 0.717) is 0 Å². The molecule has 0 bridgehead atoms. The first-order chi connectivity index (χ1) is 16.9. The molecule has 1 aromatic heterocycles. The number of amides is 1. The zero-order chi connectivity index (χ0) is 24.7. The Bertz CT molecular complexity index is 1520. The topological polar surface area (TPSA) is 60.8 Å². The average Bonchev–Trinajstić information content (AvgIpc) is 3.36. The second-order valence-corrected chi connectivity index (χ2v) is 8.72. The Morgan fingerprint density at radius 3 is 2.51 bits per heavy atom. The van der Waals surface area contributed by atoms with E-state index in [-0.39, 0.29) is 10.9 Å². The first-order valence-electron chi connectivity index (χ1n) is 11.4. The van der Waals surface area contributed by atoms with E-state index in [1.165, 1.54) is 7.11 Å². The normalized spacial score (nSPS) is 15.7. The van der Waals surface area contributed by atoms with Crippen LogP contribution in [0.1, 0.15) is 25.0 Å². The number of carbonyl (C=O) groups excluding carboxylic acids is 2. The van der Waals surface area contributed by atoms with Gasteiger partial charge in [-0.2, -0.15) is 0 Å². The third-order valence-corrected chi connectivity index (χ3v) is 6.60. The molecule has 1 amide bonds. The predicted octanol–water partition coefficient (Wildman–Crippen LogP) is 5.39. The van der Waals surface area contributed by atoms with Crippen LogP contribution >= 0.6 is 12.2 Å². The van der Waals surface area contributed by atoms with Crippen LogP contribution in [0.4, 0.5) is 0 Å². The van der Waals surface area contributed by atoms with E-state index in [2.05, 4.69) is 47.9 Å². The number of ether oxygens (including phenoxy) is 2. The highest BCUT2D eigenvalue weighted by molar-refractivity contribution is 7.80. The number of fused-ring (bicyclic) bond motifs is 3. The van der Waals surface area contributed by atoms with E-state index < -0.39 is 17.9 Å². The Balaban J connectivity index is 1.67. The maximum Gasteiger partial charge on any atom is 0.328 e. The fourth-order valence-electron chi connectivity index (χ4n) is 4.64. The second kappa shape index (κ2) is 9.00. The number of methoxy groups -OCH3 is 1. The van der Waals surface area contributed by atoms with Crippen LogP contribution in [-0.4, -0.2) is 39.7 Å². The zero-order valence-electron chi connectivity index (χ0n) is 19.6. The summed E-state index contributed by atoms with van der Waals surface area (Å²) >= 11 is 5.23. The van der Waals surface area contributed by atoms with Crippen LogP contribution in [0, 0.1) is 0 Å². The van der Waals surface area contributed by atoms with E-state index in [0.717, 1.165) is 49.9 Å². The Morgan fingerprint density at radius 2 is 1.80 bits per heavy atom. The molecule has 1 aliphatic rings. The van der Waals surface area contributed by atoms with Gasteiger partial charge in [0, 0.05) is 16.5 Å². The van der Waals surface area contributed by atoms with Crippen molar-refractivity contribution >= 4 is 57.2 Å². The maximum absolute atomic E-state index is 13.0. The number of nitrogens with zero attached hydrogens (tertiary/aromatic N) is 2. The number of esters is 1. The minimum atomic E-state index is -0.872. The summed E-state index contributed by atoms with van der Waals surface area (Å²) in [4.78, 5) is 26.2. The van der Waals surface area contributed by atoms with Crippen molar-refractivity contribution in [1.29, 1.82) is 0 Å². The Labute approximate surface area is 208 Å². The molecule has 176 valence electrons. The molecule has 1 atom stereocenters. The second-order valence-electron chi connectivity index (χ2n) is 8.37. The molecule has 1 unspecified atom stereocenters. The van der Waals surface area contributed by atoms with Gasteiger partial charge in [0.15, 0.2) is 5.76 Å². The molecular weight excluding hydrogens is 460 g/mol. The number of rotatable bonds is 5. The van der Waals surface area contributed by atoms with Crippen LogP contribution in [0.2, 0.25) is 0 Å². The number of aromatic nitrogens is 1. The molecule has 1 aliphatic heterocycles. The smallest absolute Gasteiger partial charge is 0.328 e. The lowest BCUT2D eigenvalue weighted by atomic mass is 10.0. The van der Waals surface area contributed by atoms with E-state index in [1.54, 1.807) is 13.0 Å². The Kier molecular flexibility index (Phi) is 5.86. The standard InChI is InChI=1S/C28H24N2O4S/c1-4-19-14-18(16-24-26(31)29(28(35)34-24)17(2)27(32)33-3)15-22-21-12-8-9-13-23(21)30(25(19)22)20-10-6-5-7-11-20/h5-17H,4H2,1-3H3/b24-16-. The summed E-state index contributed by atoms with van der Waals surface area (Å²) < 4.78 is 12.7. The van der Waals surface area contributed by atoms with Gasteiger partial charge >= 0.3 is 5.97 Å². The third kappa shape index (κ3) is 3.78. The largest absolute Gasteiger partial charge is 0.467 e. The van der Waals surface area contributed by atoms with Crippen LogP contribution in [0.5, 0.6) is 0 Å². The van der Waals surface area contributed by atoms with E-state index in [1.807, 2.05) is 30.3 Å². The molecule has 0 saturated carbocycles. The minimum absolute atomic E-state index is 0.0587. The van der Waals surface area contributed by atoms with Gasteiger partial charge in [-0.3, -0.25) is 9.69 Å². The number of hydrogen-bond donors (Lipinski definition) is 0. The highest BCUT2D eigenvalue weighted by Gasteiger charge is 2.40. The fraction of sp³-hybridized carbons (Fsp3) is 0.179. The number of hydrogen-bond acceptors (Lipinski definition) is 5. The molecule has 35 heavy (non-hydrogen) atoms. The van der Waals surface area contributed by atoms with Crippen molar-refractivity contribution in [2.75, 3.05) is 7.11 Å². The SMILES string of the molecule is CCc1cc(/C=C2\OC(=S)N(C(C)C(=O)OC)C2=O)cc2c3ccccc3n(-c3ccccc3)c12. The van der Waals surface area contributed by atoms with Crippen molar-refractivity contribution in [3.63, 3.8) is 0 Å². The molecule has 0 spiro atoms. The van der Waals surface area contributed by atoms with Gasteiger partial charge in [-0.1, -0.05) is 43.3 Å². The first-order valence-corrected chi connectivity index (χ1v) is 11.8. The number of para-hydroxylation sites is 2. The highest BCUT2D eigenvalue weighted by Crippen LogP contribution is 2.36. The number of thiocarbonyl (C=S) groups is 1. The molecule has 5 rings (SSSR count). The fourth-order valence-corrected chi connectivity index (χ4v) is 4.98.